The summed E-state index contributed by atoms with van der Waals surface area (Å²) in [6, 6.07) is 0. The Bertz CT molecular complexity index is 106. The van der Waals surface area contributed by atoms with Gasteiger partial charge in [0.05, 0.1) is 0 Å². The number of methoxy groups -OCH3 is 1. The lowest BCUT2D eigenvalue weighted by Crippen LogP contribution is -2.20. The number of nitrogens with zero attached hydrogens (tertiary/aromatic N) is 1. The minimum absolute atomic E-state index is 0.916. The first-order valence-corrected chi connectivity index (χ1v) is 5.98. The van der Waals surface area contributed by atoms with Crippen LogP contribution in [0.5, 0.6) is 0 Å². The molecule has 0 aromatic heterocycles. The van der Waals surface area contributed by atoms with Crippen molar-refractivity contribution in [2.24, 2.45) is 0 Å². The summed E-state index contributed by atoms with van der Waals surface area (Å²) in [4.78, 5) is 2.45. The number of ether oxygens (including phenoxy) is 1. The topological polar surface area (TPSA) is 12.5 Å². The van der Waals surface area contributed by atoms with E-state index >= 15 is 0 Å². The molecule has 0 saturated carbocycles. The van der Waals surface area contributed by atoms with Gasteiger partial charge in [-0.3, -0.25) is 0 Å². The minimum Gasteiger partial charge on any atom is -0.385 e. The van der Waals surface area contributed by atoms with Gasteiger partial charge in [-0.15, -0.1) is 0 Å². The van der Waals surface area contributed by atoms with E-state index in [-0.39, 0.29) is 0 Å². The van der Waals surface area contributed by atoms with E-state index in [2.05, 4.69) is 18.9 Å². The molecule has 0 fully saturated rings. The van der Waals surface area contributed by atoms with E-state index in [1.807, 2.05) is 0 Å². The van der Waals surface area contributed by atoms with Crippen LogP contribution in [0.25, 0.3) is 0 Å². The molecule has 0 saturated heterocycles. The number of hydrogen-bond donors (Lipinski definition) is 0. The van der Waals surface area contributed by atoms with Crippen LogP contribution in [0.4, 0.5) is 0 Å². The Balaban J connectivity index is 3.06. The summed E-state index contributed by atoms with van der Waals surface area (Å²) in [7, 11) is 4.00. The Morgan fingerprint density at radius 1 is 0.929 bits per heavy atom. The third kappa shape index (κ3) is 10.0. The lowest BCUT2D eigenvalue weighted by molar-refractivity contribution is 0.190. The van der Waals surface area contributed by atoms with Gasteiger partial charge in [0.1, 0.15) is 0 Å². The van der Waals surface area contributed by atoms with Crippen LogP contribution in [0.2, 0.25) is 0 Å². The van der Waals surface area contributed by atoms with Crippen LogP contribution in [-0.2, 0) is 4.74 Å². The second-order valence-electron chi connectivity index (χ2n) is 4.06. The Hall–Kier alpha value is -0.0800. The van der Waals surface area contributed by atoms with E-state index in [1.54, 1.807) is 7.11 Å². The molecule has 0 unspecified atom stereocenters. The van der Waals surface area contributed by atoms with E-state index in [4.69, 9.17) is 4.74 Å². The molecule has 0 aliphatic carbocycles. The standard InChI is InChI=1S/C12H27NO/c1-4-5-7-10-13(2)11-8-6-9-12-14-3/h4-12H2,1-3H3. The fraction of sp³-hybridized carbons (Fsp3) is 1.00. The number of hydrogen-bond acceptors (Lipinski definition) is 2. The monoisotopic (exact) mass is 201 g/mol. The summed E-state index contributed by atoms with van der Waals surface area (Å²) in [5, 5.41) is 0. The van der Waals surface area contributed by atoms with Gasteiger partial charge in [-0.2, -0.15) is 0 Å². The van der Waals surface area contributed by atoms with Crippen molar-refractivity contribution in [3.8, 4) is 0 Å². The molecule has 2 nitrogen and oxygen atoms in total. The summed E-state index contributed by atoms with van der Waals surface area (Å²) in [5.41, 5.74) is 0. The molecule has 14 heavy (non-hydrogen) atoms. The average molecular weight is 201 g/mol. The molecule has 0 bridgehead atoms. The summed E-state index contributed by atoms with van der Waals surface area (Å²) in [5.74, 6) is 0. The fourth-order valence-electron chi connectivity index (χ4n) is 1.55. The Kier molecular flexibility index (Phi) is 10.9. The molecular weight excluding hydrogens is 174 g/mol. The van der Waals surface area contributed by atoms with Crippen LogP contribution in [0.15, 0.2) is 0 Å². The second-order valence-corrected chi connectivity index (χ2v) is 4.06. The lowest BCUT2D eigenvalue weighted by Gasteiger charge is -2.15. The molecule has 0 amide bonds. The minimum atomic E-state index is 0.916. The zero-order valence-corrected chi connectivity index (χ0v) is 10.2. The van der Waals surface area contributed by atoms with Crippen molar-refractivity contribution in [2.45, 2.75) is 45.4 Å². The van der Waals surface area contributed by atoms with Gasteiger partial charge in [-0.05, 0) is 45.8 Å². The van der Waals surface area contributed by atoms with Gasteiger partial charge in [0.25, 0.3) is 0 Å². The zero-order chi connectivity index (χ0) is 10.6. The highest BCUT2D eigenvalue weighted by atomic mass is 16.5. The van der Waals surface area contributed by atoms with Crippen LogP contribution in [0.1, 0.15) is 45.4 Å². The first-order chi connectivity index (χ1) is 6.81. The highest BCUT2D eigenvalue weighted by molar-refractivity contribution is 4.52. The molecule has 0 heterocycles. The van der Waals surface area contributed by atoms with Crippen molar-refractivity contribution in [3.05, 3.63) is 0 Å². The molecule has 0 rings (SSSR count). The van der Waals surface area contributed by atoms with Gasteiger partial charge in [0.2, 0.25) is 0 Å². The van der Waals surface area contributed by atoms with Crippen molar-refractivity contribution < 1.29 is 4.74 Å². The smallest absolute Gasteiger partial charge is 0.0462 e. The third-order valence-electron chi connectivity index (χ3n) is 2.53. The number of rotatable bonds is 10. The van der Waals surface area contributed by atoms with E-state index in [0.717, 1.165) is 6.61 Å². The van der Waals surface area contributed by atoms with Crippen LogP contribution in [-0.4, -0.2) is 38.8 Å². The summed E-state index contributed by atoms with van der Waals surface area (Å²) < 4.78 is 5.01. The Labute approximate surface area is 89.6 Å². The molecule has 2 heteroatoms. The van der Waals surface area contributed by atoms with Crippen molar-refractivity contribution >= 4 is 0 Å². The second kappa shape index (κ2) is 11.0. The van der Waals surface area contributed by atoms with E-state index in [9.17, 15) is 0 Å². The normalized spacial score (nSPS) is 11.1. The van der Waals surface area contributed by atoms with Crippen LogP contribution in [0.3, 0.4) is 0 Å². The molecule has 0 aliphatic rings. The summed E-state index contributed by atoms with van der Waals surface area (Å²) in [6.07, 6.45) is 7.86. The predicted octanol–water partition coefficient (Wildman–Crippen LogP) is 2.93. The zero-order valence-electron chi connectivity index (χ0n) is 10.2. The van der Waals surface area contributed by atoms with Crippen molar-refractivity contribution in [2.75, 3.05) is 33.9 Å². The quantitative estimate of drug-likeness (QED) is 0.504. The molecule has 0 aromatic carbocycles. The van der Waals surface area contributed by atoms with Gasteiger partial charge in [0.15, 0.2) is 0 Å². The SMILES string of the molecule is CCCCCN(C)CCCCCOC. The Morgan fingerprint density at radius 2 is 1.57 bits per heavy atom. The maximum atomic E-state index is 5.01. The highest BCUT2D eigenvalue weighted by Gasteiger charge is 1.97. The summed E-state index contributed by atoms with van der Waals surface area (Å²) >= 11 is 0. The lowest BCUT2D eigenvalue weighted by atomic mass is 10.2. The molecule has 0 aromatic rings. The Morgan fingerprint density at radius 3 is 2.14 bits per heavy atom. The molecule has 0 radical (unpaired) electrons. The molecule has 0 N–H and O–H groups in total. The van der Waals surface area contributed by atoms with Gasteiger partial charge in [-0.25, -0.2) is 0 Å². The van der Waals surface area contributed by atoms with Gasteiger partial charge >= 0.3 is 0 Å². The van der Waals surface area contributed by atoms with Gasteiger partial charge in [0, 0.05) is 13.7 Å². The first kappa shape index (κ1) is 13.9. The largest absolute Gasteiger partial charge is 0.385 e. The first-order valence-electron chi connectivity index (χ1n) is 5.98. The maximum absolute atomic E-state index is 5.01. The van der Waals surface area contributed by atoms with Crippen LogP contribution >= 0.6 is 0 Å². The summed E-state index contributed by atoms with van der Waals surface area (Å²) in [6.45, 7) is 5.68. The predicted molar refractivity (Wildman–Crippen MR) is 62.7 cm³/mol. The highest BCUT2D eigenvalue weighted by Crippen LogP contribution is 2.00. The van der Waals surface area contributed by atoms with Gasteiger partial charge in [-0.1, -0.05) is 19.8 Å². The van der Waals surface area contributed by atoms with Crippen molar-refractivity contribution in [1.29, 1.82) is 0 Å². The maximum Gasteiger partial charge on any atom is 0.0462 e. The van der Waals surface area contributed by atoms with E-state index in [0.29, 0.717) is 0 Å². The third-order valence-corrected chi connectivity index (χ3v) is 2.53. The molecule has 0 spiro atoms. The van der Waals surface area contributed by atoms with Crippen molar-refractivity contribution in [3.63, 3.8) is 0 Å². The molecule has 0 atom stereocenters. The molecule has 86 valence electrons. The van der Waals surface area contributed by atoms with Crippen LogP contribution < -0.4 is 0 Å². The number of unbranched alkanes of at least 4 members (excludes halogenated alkanes) is 4. The van der Waals surface area contributed by atoms with Crippen molar-refractivity contribution in [1.82, 2.24) is 4.90 Å². The average Bonchev–Trinajstić information content (AvgIpc) is 2.18. The molecular formula is C12H27NO. The van der Waals surface area contributed by atoms with Crippen LogP contribution in [0, 0.1) is 0 Å². The molecule has 0 aliphatic heterocycles. The van der Waals surface area contributed by atoms with Gasteiger partial charge < -0.3 is 9.64 Å². The fourth-order valence-corrected chi connectivity index (χ4v) is 1.55. The van der Waals surface area contributed by atoms with E-state index in [1.165, 1.54) is 51.6 Å². The van der Waals surface area contributed by atoms with E-state index < -0.39 is 0 Å².